The van der Waals surface area contributed by atoms with Crippen LogP contribution in [0.4, 0.5) is 0 Å². The van der Waals surface area contributed by atoms with E-state index in [1.807, 2.05) is 6.20 Å². The quantitative estimate of drug-likeness (QED) is 0.901. The molecule has 1 fully saturated rings. The number of hydrogen-bond acceptors (Lipinski definition) is 2. The van der Waals surface area contributed by atoms with Crippen molar-refractivity contribution in [3.05, 3.63) is 42.1 Å². The highest BCUT2D eigenvalue weighted by Gasteiger charge is 2.20. The first kappa shape index (κ1) is 13.6. The van der Waals surface area contributed by atoms with Gasteiger partial charge in [0.1, 0.15) is 0 Å². The van der Waals surface area contributed by atoms with Gasteiger partial charge in [-0.3, -0.25) is 4.98 Å². The maximum Gasteiger partial charge on any atom is 0.0705 e. The number of benzene rings is 1. The molecular weight excluding hydrogens is 244 g/mol. The van der Waals surface area contributed by atoms with Crippen molar-refractivity contribution < 1.29 is 0 Å². The normalized spacial score (nSPS) is 23.1. The lowest BCUT2D eigenvalue weighted by Gasteiger charge is -2.29. The summed E-state index contributed by atoms with van der Waals surface area (Å²) < 4.78 is 0. The van der Waals surface area contributed by atoms with Crippen LogP contribution in [-0.4, -0.2) is 11.5 Å². The fourth-order valence-electron chi connectivity index (χ4n) is 3.40. The molecule has 2 heteroatoms. The van der Waals surface area contributed by atoms with E-state index < -0.39 is 0 Å². The molecule has 0 bridgehead atoms. The van der Waals surface area contributed by atoms with Gasteiger partial charge in [-0.15, -0.1) is 0 Å². The highest BCUT2D eigenvalue weighted by molar-refractivity contribution is 5.81. The molecule has 1 saturated carbocycles. The van der Waals surface area contributed by atoms with Crippen molar-refractivity contribution in [2.45, 2.75) is 39.2 Å². The molecule has 0 aliphatic heterocycles. The standard InChI is InChI=1S/C18H24N2/c1-14-6-2-3-7-15(14)12-19-13-16-10-11-20-18-9-5-4-8-17(16)18/h4-5,8-11,14-15,19H,2-3,6-7,12-13H2,1H3. The lowest BCUT2D eigenvalue weighted by Crippen LogP contribution is -2.29. The summed E-state index contributed by atoms with van der Waals surface area (Å²) in [5.74, 6) is 1.74. The summed E-state index contributed by atoms with van der Waals surface area (Å²) >= 11 is 0. The Morgan fingerprint density at radius 1 is 1.15 bits per heavy atom. The van der Waals surface area contributed by atoms with Gasteiger partial charge in [0.15, 0.2) is 0 Å². The Bertz CT molecular complexity index is 559. The summed E-state index contributed by atoms with van der Waals surface area (Å²) in [6, 6.07) is 10.5. The SMILES string of the molecule is CC1CCCCC1CNCc1ccnc2ccccc12. The van der Waals surface area contributed by atoms with E-state index in [2.05, 4.69) is 47.6 Å². The first-order chi connectivity index (χ1) is 9.84. The molecule has 0 amide bonds. The summed E-state index contributed by atoms with van der Waals surface area (Å²) in [7, 11) is 0. The Morgan fingerprint density at radius 3 is 2.90 bits per heavy atom. The van der Waals surface area contributed by atoms with Crippen LogP contribution in [0.5, 0.6) is 0 Å². The van der Waals surface area contributed by atoms with Crippen molar-refractivity contribution in [2.24, 2.45) is 11.8 Å². The van der Waals surface area contributed by atoms with Crippen molar-refractivity contribution in [1.82, 2.24) is 10.3 Å². The maximum absolute atomic E-state index is 4.42. The van der Waals surface area contributed by atoms with Crippen LogP contribution in [0, 0.1) is 11.8 Å². The minimum Gasteiger partial charge on any atom is -0.312 e. The smallest absolute Gasteiger partial charge is 0.0705 e. The predicted octanol–water partition coefficient (Wildman–Crippen LogP) is 4.15. The highest BCUT2D eigenvalue weighted by Crippen LogP contribution is 2.29. The monoisotopic (exact) mass is 268 g/mol. The van der Waals surface area contributed by atoms with Crippen molar-refractivity contribution >= 4 is 10.9 Å². The average molecular weight is 268 g/mol. The van der Waals surface area contributed by atoms with E-state index in [0.717, 1.165) is 30.4 Å². The minimum atomic E-state index is 0.858. The second kappa shape index (κ2) is 6.36. The third-order valence-corrected chi connectivity index (χ3v) is 4.75. The zero-order valence-corrected chi connectivity index (χ0v) is 12.3. The van der Waals surface area contributed by atoms with Gasteiger partial charge in [0.05, 0.1) is 5.52 Å². The Hall–Kier alpha value is -1.41. The van der Waals surface area contributed by atoms with Crippen LogP contribution < -0.4 is 5.32 Å². The Labute approximate surface area is 121 Å². The van der Waals surface area contributed by atoms with E-state index in [-0.39, 0.29) is 0 Å². The van der Waals surface area contributed by atoms with Crippen molar-refractivity contribution in [1.29, 1.82) is 0 Å². The molecule has 2 unspecified atom stereocenters. The average Bonchev–Trinajstić information content (AvgIpc) is 2.49. The number of pyridine rings is 1. The molecule has 0 radical (unpaired) electrons. The van der Waals surface area contributed by atoms with Gasteiger partial charge in [0.2, 0.25) is 0 Å². The first-order valence-corrected chi connectivity index (χ1v) is 7.88. The van der Waals surface area contributed by atoms with Gasteiger partial charge in [-0.05, 0) is 42.5 Å². The summed E-state index contributed by atoms with van der Waals surface area (Å²) in [5, 5.41) is 4.94. The molecule has 1 heterocycles. The van der Waals surface area contributed by atoms with Gasteiger partial charge >= 0.3 is 0 Å². The van der Waals surface area contributed by atoms with E-state index >= 15 is 0 Å². The summed E-state index contributed by atoms with van der Waals surface area (Å²) in [4.78, 5) is 4.42. The molecule has 2 nitrogen and oxygen atoms in total. The number of hydrogen-bond donors (Lipinski definition) is 1. The Morgan fingerprint density at radius 2 is 2.00 bits per heavy atom. The summed E-state index contributed by atoms with van der Waals surface area (Å²) in [6.07, 6.45) is 7.56. The predicted molar refractivity (Wildman–Crippen MR) is 84.6 cm³/mol. The molecule has 1 aromatic carbocycles. The summed E-state index contributed by atoms with van der Waals surface area (Å²) in [5.41, 5.74) is 2.46. The lowest BCUT2D eigenvalue weighted by atomic mass is 9.80. The Balaban J connectivity index is 1.62. The molecule has 1 N–H and O–H groups in total. The van der Waals surface area contributed by atoms with Gasteiger partial charge in [0.25, 0.3) is 0 Å². The zero-order chi connectivity index (χ0) is 13.8. The van der Waals surface area contributed by atoms with Crippen molar-refractivity contribution in [2.75, 3.05) is 6.54 Å². The molecule has 2 aromatic rings. The fourth-order valence-corrected chi connectivity index (χ4v) is 3.40. The molecule has 0 spiro atoms. The molecule has 2 atom stereocenters. The highest BCUT2D eigenvalue weighted by atomic mass is 14.9. The molecule has 1 aliphatic rings. The number of para-hydroxylation sites is 1. The van der Waals surface area contributed by atoms with Gasteiger partial charge < -0.3 is 5.32 Å². The number of nitrogens with one attached hydrogen (secondary N) is 1. The van der Waals surface area contributed by atoms with Gasteiger partial charge in [-0.2, -0.15) is 0 Å². The second-order valence-electron chi connectivity index (χ2n) is 6.14. The number of nitrogens with zero attached hydrogens (tertiary/aromatic N) is 1. The van der Waals surface area contributed by atoms with E-state index in [0.29, 0.717) is 0 Å². The van der Waals surface area contributed by atoms with Gasteiger partial charge in [0, 0.05) is 18.1 Å². The van der Waals surface area contributed by atoms with Gasteiger partial charge in [-0.1, -0.05) is 44.4 Å². The zero-order valence-electron chi connectivity index (χ0n) is 12.3. The minimum absolute atomic E-state index is 0.858. The van der Waals surface area contributed by atoms with E-state index in [4.69, 9.17) is 0 Å². The van der Waals surface area contributed by atoms with Crippen LogP contribution in [0.2, 0.25) is 0 Å². The van der Waals surface area contributed by atoms with Crippen LogP contribution in [0.1, 0.15) is 38.2 Å². The van der Waals surface area contributed by atoms with Crippen LogP contribution >= 0.6 is 0 Å². The Kier molecular flexibility index (Phi) is 4.31. The third kappa shape index (κ3) is 3.01. The van der Waals surface area contributed by atoms with Crippen molar-refractivity contribution in [3.8, 4) is 0 Å². The number of aromatic nitrogens is 1. The third-order valence-electron chi connectivity index (χ3n) is 4.75. The van der Waals surface area contributed by atoms with Crippen LogP contribution in [0.25, 0.3) is 10.9 Å². The summed E-state index contributed by atoms with van der Waals surface area (Å²) in [6.45, 7) is 4.51. The topological polar surface area (TPSA) is 24.9 Å². The lowest BCUT2D eigenvalue weighted by molar-refractivity contribution is 0.248. The molecule has 1 aromatic heterocycles. The van der Waals surface area contributed by atoms with Gasteiger partial charge in [-0.25, -0.2) is 0 Å². The van der Waals surface area contributed by atoms with Crippen LogP contribution in [0.15, 0.2) is 36.5 Å². The molecule has 3 rings (SSSR count). The second-order valence-corrected chi connectivity index (χ2v) is 6.14. The number of fused-ring (bicyclic) bond motifs is 1. The maximum atomic E-state index is 4.42. The number of rotatable bonds is 4. The van der Waals surface area contributed by atoms with E-state index in [1.165, 1.54) is 36.6 Å². The largest absolute Gasteiger partial charge is 0.312 e. The first-order valence-electron chi connectivity index (χ1n) is 7.88. The van der Waals surface area contributed by atoms with E-state index in [1.54, 1.807) is 0 Å². The molecule has 20 heavy (non-hydrogen) atoms. The molecule has 0 saturated heterocycles. The van der Waals surface area contributed by atoms with Crippen molar-refractivity contribution in [3.63, 3.8) is 0 Å². The van der Waals surface area contributed by atoms with E-state index in [9.17, 15) is 0 Å². The molecular formula is C18H24N2. The fraction of sp³-hybridized carbons (Fsp3) is 0.500. The molecule has 1 aliphatic carbocycles. The van der Waals surface area contributed by atoms with Crippen LogP contribution in [0.3, 0.4) is 0 Å². The van der Waals surface area contributed by atoms with Crippen LogP contribution in [-0.2, 0) is 6.54 Å². The molecule has 106 valence electrons.